The van der Waals surface area contributed by atoms with Crippen molar-refractivity contribution < 1.29 is 18.8 Å². The second kappa shape index (κ2) is 7.76. The van der Waals surface area contributed by atoms with E-state index in [9.17, 15) is 4.79 Å². The minimum Gasteiger partial charge on any atom is -0.486 e. The predicted molar refractivity (Wildman–Crippen MR) is 106 cm³/mol. The fourth-order valence-electron chi connectivity index (χ4n) is 3.05. The van der Waals surface area contributed by atoms with Gasteiger partial charge in [-0.3, -0.25) is 4.79 Å². The number of carbonyl (C=O) groups is 1. The van der Waals surface area contributed by atoms with Gasteiger partial charge in [0.15, 0.2) is 17.3 Å². The molecule has 1 aliphatic heterocycles. The van der Waals surface area contributed by atoms with Crippen molar-refractivity contribution in [2.75, 3.05) is 18.5 Å². The van der Waals surface area contributed by atoms with E-state index in [0.29, 0.717) is 36.3 Å². The first-order valence-corrected chi connectivity index (χ1v) is 9.34. The van der Waals surface area contributed by atoms with Crippen LogP contribution in [0.4, 0.5) is 5.69 Å². The Bertz CT molecular complexity index is 976. The van der Waals surface area contributed by atoms with Crippen molar-refractivity contribution in [3.05, 3.63) is 59.8 Å². The molecule has 0 atom stereocenters. The highest BCUT2D eigenvalue weighted by molar-refractivity contribution is 5.92. The van der Waals surface area contributed by atoms with Crippen LogP contribution in [-0.2, 0) is 11.2 Å². The normalized spacial score (nSPS) is 12.8. The first-order valence-electron chi connectivity index (χ1n) is 9.34. The fraction of sp³-hybridized carbons (Fsp3) is 0.273. The number of hydrogen-bond acceptors (Lipinski definition) is 5. The van der Waals surface area contributed by atoms with Crippen molar-refractivity contribution in [2.24, 2.45) is 0 Å². The number of hydrogen-bond donors (Lipinski definition) is 1. The topological polar surface area (TPSA) is 73.6 Å². The average molecular weight is 378 g/mol. The Morgan fingerprint density at radius 2 is 1.79 bits per heavy atom. The van der Waals surface area contributed by atoms with Crippen LogP contribution in [0.15, 0.2) is 53.1 Å². The summed E-state index contributed by atoms with van der Waals surface area (Å²) in [5.41, 5.74) is 3.40. The summed E-state index contributed by atoms with van der Waals surface area (Å²) < 4.78 is 16.5. The average Bonchev–Trinajstić information content (AvgIpc) is 3.16. The van der Waals surface area contributed by atoms with Gasteiger partial charge >= 0.3 is 0 Å². The van der Waals surface area contributed by atoms with Gasteiger partial charge in [-0.25, -0.2) is 0 Å². The molecule has 1 aromatic heterocycles. The molecule has 0 radical (unpaired) electrons. The molecule has 1 amide bonds. The summed E-state index contributed by atoms with van der Waals surface area (Å²) in [4.78, 5) is 12.3. The molecule has 6 heteroatoms. The molecule has 3 aromatic rings. The Morgan fingerprint density at radius 3 is 2.54 bits per heavy atom. The van der Waals surface area contributed by atoms with Crippen molar-refractivity contribution in [3.63, 3.8) is 0 Å². The van der Waals surface area contributed by atoms with E-state index in [1.165, 1.54) is 5.56 Å². The number of nitrogens with one attached hydrogen (secondary N) is 1. The highest BCUT2D eigenvalue weighted by atomic mass is 16.6. The van der Waals surface area contributed by atoms with Crippen LogP contribution < -0.4 is 14.8 Å². The van der Waals surface area contributed by atoms with Crippen LogP contribution in [0, 0.1) is 0 Å². The molecular formula is C22H22N2O4. The van der Waals surface area contributed by atoms with Gasteiger partial charge in [0.2, 0.25) is 5.91 Å². The van der Waals surface area contributed by atoms with Crippen molar-refractivity contribution in [2.45, 2.75) is 26.2 Å². The molecule has 0 fully saturated rings. The molecule has 28 heavy (non-hydrogen) atoms. The predicted octanol–water partition coefficient (Wildman–Crippen LogP) is 4.42. The Labute approximate surface area is 163 Å². The minimum atomic E-state index is -0.140. The van der Waals surface area contributed by atoms with Gasteiger partial charge in [0.1, 0.15) is 13.2 Å². The molecule has 0 aliphatic carbocycles. The van der Waals surface area contributed by atoms with E-state index in [1.807, 2.05) is 42.5 Å². The second-order valence-corrected chi connectivity index (χ2v) is 7.04. The summed E-state index contributed by atoms with van der Waals surface area (Å²) in [6.07, 6.45) is 0.139. The molecule has 0 bridgehead atoms. The third-order valence-corrected chi connectivity index (χ3v) is 4.59. The van der Waals surface area contributed by atoms with Gasteiger partial charge in [0.05, 0.1) is 12.1 Å². The van der Waals surface area contributed by atoms with Gasteiger partial charge in [-0.1, -0.05) is 31.1 Å². The molecule has 6 nitrogen and oxygen atoms in total. The molecule has 0 unspecified atom stereocenters. The first kappa shape index (κ1) is 18.1. The third-order valence-electron chi connectivity index (χ3n) is 4.59. The van der Waals surface area contributed by atoms with Gasteiger partial charge in [-0.05, 0) is 41.8 Å². The van der Waals surface area contributed by atoms with Gasteiger partial charge in [0, 0.05) is 17.3 Å². The summed E-state index contributed by atoms with van der Waals surface area (Å²) in [7, 11) is 0. The first-order chi connectivity index (χ1) is 13.6. The molecule has 2 aromatic carbocycles. The maximum atomic E-state index is 12.3. The van der Waals surface area contributed by atoms with Crippen LogP contribution in [0.25, 0.3) is 11.3 Å². The smallest absolute Gasteiger partial charge is 0.230 e. The van der Waals surface area contributed by atoms with Crippen molar-refractivity contribution >= 4 is 11.6 Å². The third kappa shape index (κ3) is 4.01. The zero-order chi connectivity index (χ0) is 19.5. The largest absolute Gasteiger partial charge is 0.486 e. The monoisotopic (exact) mass is 378 g/mol. The van der Waals surface area contributed by atoms with Crippen LogP contribution in [0.1, 0.15) is 31.0 Å². The Kier molecular flexibility index (Phi) is 5.02. The molecule has 144 valence electrons. The highest BCUT2D eigenvalue weighted by Crippen LogP contribution is 2.34. The fourth-order valence-corrected chi connectivity index (χ4v) is 3.05. The van der Waals surface area contributed by atoms with E-state index in [1.54, 1.807) is 6.07 Å². The molecular weight excluding hydrogens is 356 g/mol. The van der Waals surface area contributed by atoms with Crippen molar-refractivity contribution in [1.29, 1.82) is 0 Å². The molecule has 0 saturated heterocycles. The molecule has 0 spiro atoms. The maximum Gasteiger partial charge on any atom is 0.230 e. The zero-order valence-corrected chi connectivity index (χ0v) is 15.9. The van der Waals surface area contributed by atoms with E-state index in [-0.39, 0.29) is 12.3 Å². The summed E-state index contributed by atoms with van der Waals surface area (Å²) in [6.45, 7) is 5.35. The quantitative estimate of drug-likeness (QED) is 0.711. The highest BCUT2D eigenvalue weighted by Gasteiger charge is 2.16. The number of benzene rings is 2. The Morgan fingerprint density at radius 1 is 1.04 bits per heavy atom. The zero-order valence-electron chi connectivity index (χ0n) is 15.9. The van der Waals surface area contributed by atoms with Crippen LogP contribution in [0.2, 0.25) is 0 Å². The maximum absolute atomic E-state index is 12.3. The van der Waals surface area contributed by atoms with Gasteiger partial charge in [-0.15, -0.1) is 0 Å². The van der Waals surface area contributed by atoms with E-state index in [0.717, 1.165) is 17.0 Å². The van der Waals surface area contributed by atoms with E-state index in [4.69, 9.17) is 14.0 Å². The molecule has 2 heterocycles. The van der Waals surface area contributed by atoms with Gasteiger partial charge in [-0.2, -0.15) is 0 Å². The van der Waals surface area contributed by atoms with Crippen molar-refractivity contribution in [1.82, 2.24) is 5.16 Å². The lowest BCUT2D eigenvalue weighted by molar-refractivity contribution is -0.115. The van der Waals surface area contributed by atoms with Gasteiger partial charge in [0.25, 0.3) is 0 Å². The molecule has 0 saturated carbocycles. The van der Waals surface area contributed by atoms with E-state index in [2.05, 4.69) is 24.3 Å². The van der Waals surface area contributed by atoms with Gasteiger partial charge < -0.3 is 19.3 Å². The number of carbonyl (C=O) groups excluding carboxylic acids is 1. The lowest BCUT2D eigenvalue weighted by Crippen LogP contribution is -2.15. The lowest BCUT2D eigenvalue weighted by atomic mass is 10.0. The van der Waals surface area contributed by atoms with Crippen molar-refractivity contribution in [3.8, 4) is 22.8 Å². The van der Waals surface area contributed by atoms with Crippen LogP contribution >= 0.6 is 0 Å². The Hall–Kier alpha value is -3.28. The minimum absolute atomic E-state index is 0.139. The van der Waals surface area contributed by atoms with E-state index < -0.39 is 0 Å². The number of amides is 1. The van der Waals surface area contributed by atoms with Crippen LogP contribution in [-0.4, -0.2) is 24.3 Å². The van der Waals surface area contributed by atoms with Crippen LogP contribution in [0.3, 0.4) is 0 Å². The molecule has 4 rings (SSSR count). The van der Waals surface area contributed by atoms with E-state index >= 15 is 0 Å². The summed E-state index contributed by atoms with van der Waals surface area (Å²) in [5, 5.41) is 6.91. The Balaban J connectivity index is 1.41. The number of aromatic nitrogens is 1. The number of rotatable bonds is 5. The number of fused-ring (bicyclic) bond motifs is 1. The standard InChI is InChI=1S/C22H22N2O4/c1-14(2)15-3-6-17(7-4-15)23-22(25)13-18-12-20(28-24-18)16-5-8-19-21(11-16)27-10-9-26-19/h3-8,11-12,14H,9-10,13H2,1-2H3,(H,23,25). The number of anilines is 1. The molecule has 1 aliphatic rings. The summed E-state index contributed by atoms with van der Waals surface area (Å²) >= 11 is 0. The number of nitrogens with zero attached hydrogens (tertiary/aromatic N) is 1. The summed E-state index contributed by atoms with van der Waals surface area (Å²) in [5.74, 6) is 2.31. The van der Waals surface area contributed by atoms with Crippen LogP contribution in [0.5, 0.6) is 11.5 Å². The second-order valence-electron chi connectivity index (χ2n) is 7.04. The number of ether oxygens (including phenoxy) is 2. The summed E-state index contributed by atoms with van der Waals surface area (Å²) in [6, 6.07) is 15.2. The lowest BCUT2D eigenvalue weighted by Gasteiger charge is -2.18. The molecule has 1 N–H and O–H groups in total. The SMILES string of the molecule is CC(C)c1ccc(NC(=O)Cc2cc(-c3ccc4c(c3)OCCO4)on2)cc1.